The Morgan fingerprint density at radius 2 is 1.97 bits per heavy atom. The Hall–Kier alpha value is -2.12. The van der Waals surface area contributed by atoms with Crippen molar-refractivity contribution in [2.75, 3.05) is 45.9 Å². The van der Waals surface area contributed by atoms with Gasteiger partial charge in [0.15, 0.2) is 5.96 Å². The first kappa shape index (κ1) is 25.1. The van der Waals surface area contributed by atoms with Crippen LogP contribution in [0.25, 0.3) is 0 Å². The molecule has 31 heavy (non-hydrogen) atoms. The summed E-state index contributed by atoms with van der Waals surface area (Å²) in [5.41, 5.74) is 1.76. The molecule has 0 saturated carbocycles. The van der Waals surface area contributed by atoms with E-state index < -0.39 is 0 Å². The zero-order chi connectivity index (χ0) is 22.5. The van der Waals surface area contributed by atoms with E-state index in [9.17, 15) is 4.79 Å². The van der Waals surface area contributed by atoms with Crippen LogP contribution in [-0.4, -0.2) is 68.7 Å². The third kappa shape index (κ3) is 9.70. The van der Waals surface area contributed by atoms with Gasteiger partial charge in [-0.3, -0.25) is 9.69 Å². The molecule has 1 amide bonds. The highest BCUT2D eigenvalue weighted by atomic mass is 16.5. The SMILES string of the molecule is CCCCNC(=O)c1ccc(CN=C(NCC)NCC2CN(CC(C)C)CCO2)cc1. The van der Waals surface area contributed by atoms with E-state index >= 15 is 0 Å². The molecule has 0 radical (unpaired) electrons. The molecule has 1 unspecified atom stereocenters. The summed E-state index contributed by atoms with van der Waals surface area (Å²) >= 11 is 0. The van der Waals surface area contributed by atoms with Crippen molar-refractivity contribution < 1.29 is 9.53 Å². The first-order valence-electron chi connectivity index (χ1n) is 11.7. The van der Waals surface area contributed by atoms with Gasteiger partial charge in [0, 0.05) is 44.8 Å². The van der Waals surface area contributed by atoms with Crippen molar-refractivity contribution in [2.24, 2.45) is 10.9 Å². The number of rotatable bonds is 11. The predicted molar refractivity (Wildman–Crippen MR) is 128 cm³/mol. The van der Waals surface area contributed by atoms with E-state index in [-0.39, 0.29) is 12.0 Å². The van der Waals surface area contributed by atoms with E-state index in [0.29, 0.717) is 18.0 Å². The molecule has 7 nitrogen and oxygen atoms in total. The van der Waals surface area contributed by atoms with Crippen molar-refractivity contribution in [3.05, 3.63) is 35.4 Å². The maximum absolute atomic E-state index is 12.1. The number of amides is 1. The van der Waals surface area contributed by atoms with E-state index in [1.165, 1.54) is 0 Å². The molecule has 2 rings (SSSR count). The minimum atomic E-state index is -0.0162. The van der Waals surface area contributed by atoms with Gasteiger partial charge < -0.3 is 20.7 Å². The number of ether oxygens (including phenoxy) is 1. The summed E-state index contributed by atoms with van der Waals surface area (Å²) in [6.45, 7) is 15.3. The Morgan fingerprint density at radius 3 is 2.65 bits per heavy atom. The number of unbranched alkanes of at least 4 members (excludes halogenated alkanes) is 1. The van der Waals surface area contributed by atoms with Crippen LogP contribution in [-0.2, 0) is 11.3 Å². The lowest BCUT2D eigenvalue weighted by atomic mass is 10.1. The first-order chi connectivity index (χ1) is 15.0. The molecule has 1 heterocycles. The fourth-order valence-corrected chi connectivity index (χ4v) is 3.55. The van der Waals surface area contributed by atoms with Gasteiger partial charge in [-0.15, -0.1) is 0 Å². The molecule has 1 aromatic carbocycles. The summed E-state index contributed by atoms with van der Waals surface area (Å²) in [6.07, 6.45) is 2.24. The number of aliphatic imine (C=N–C) groups is 1. The normalized spacial score (nSPS) is 17.6. The van der Waals surface area contributed by atoms with Crippen LogP contribution in [0.4, 0.5) is 0 Å². The summed E-state index contributed by atoms with van der Waals surface area (Å²) in [4.78, 5) is 19.3. The van der Waals surface area contributed by atoms with Gasteiger partial charge in [-0.1, -0.05) is 39.3 Å². The quantitative estimate of drug-likeness (QED) is 0.285. The fourth-order valence-electron chi connectivity index (χ4n) is 3.55. The number of nitrogens with one attached hydrogen (secondary N) is 3. The second kappa shape index (κ2) is 14.0. The molecule has 0 spiro atoms. The van der Waals surface area contributed by atoms with E-state index in [4.69, 9.17) is 9.73 Å². The Bertz CT molecular complexity index is 675. The Kier molecular flexibility index (Phi) is 11.4. The van der Waals surface area contributed by atoms with Gasteiger partial charge in [0.25, 0.3) is 5.91 Å². The van der Waals surface area contributed by atoms with Crippen LogP contribution in [0.1, 0.15) is 56.5 Å². The lowest BCUT2D eigenvalue weighted by Gasteiger charge is -2.34. The zero-order valence-corrected chi connectivity index (χ0v) is 19.7. The molecule has 174 valence electrons. The number of nitrogens with zero attached hydrogens (tertiary/aromatic N) is 2. The molecular weight excluding hydrogens is 390 g/mol. The molecule has 7 heteroatoms. The second-order valence-electron chi connectivity index (χ2n) is 8.53. The summed E-state index contributed by atoms with van der Waals surface area (Å²) in [7, 11) is 0. The minimum Gasteiger partial charge on any atom is -0.374 e. The zero-order valence-electron chi connectivity index (χ0n) is 19.7. The number of carbonyl (C=O) groups is 1. The molecule has 1 aliphatic heterocycles. The van der Waals surface area contributed by atoms with Gasteiger partial charge in [0.1, 0.15) is 0 Å². The molecule has 1 fully saturated rings. The highest BCUT2D eigenvalue weighted by Crippen LogP contribution is 2.08. The number of morpholine rings is 1. The molecule has 1 aromatic rings. The van der Waals surface area contributed by atoms with Crippen molar-refractivity contribution in [3.8, 4) is 0 Å². The maximum atomic E-state index is 12.1. The average Bonchev–Trinajstić information content (AvgIpc) is 2.76. The highest BCUT2D eigenvalue weighted by molar-refractivity contribution is 5.94. The molecule has 1 aliphatic rings. The fraction of sp³-hybridized carbons (Fsp3) is 0.667. The summed E-state index contributed by atoms with van der Waals surface area (Å²) in [5, 5.41) is 9.66. The third-order valence-electron chi connectivity index (χ3n) is 5.14. The van der Waals surface area contributed by atoms with Gasteiger partial charge in [-0.25, -0.2) is 4.99 Å². The summed E-state index contributed by atoms with van der Waals surface area (Å²) < 4.78 is 5.93. The first-order valence-corrected chi connectivity index (χ1v) is 11.7. The standard InChI is InChI=1S/C24H41N5O2/c1-5-7-12-26-23(30)21-10-8-20(9-11-21)15-27-24(25-6-2)28-16-22-18-29(13-14-31-22)17-19(3)4/h8-11,19,22H,5-7,12-18H2,1-4H3,(H,26,30)(H2,25,27,28). The largest absolute Gasteiger partial charge is 0.374 e. The van der Waals surface area contributed by atoms with Gasteiger partial charge in [0.05, 0.1) is 19.3 Å². The van der Waals surface area contributed by atoms with Gasteiger partial charge >= 0.3 is 0 Å². The highest BCUT2D eigenvalue weighted by Gasteiger charge is 2.21. The molecule has 1 atom stereocenters. The average molecular weight is 432 g/mol. The van der Waals surface area contributed by atoms with Crippen molar-refractivity contribution in [2.45, 2.75) is 53.2 Å². The number of benzene rings is 1. The van der Waals surface area contributed by atoms with E-state index in [1.807, 2.05) is 24.3 Å². The second-order valence-corrected chi connectivity index (χ2v) is 8.53. The third-order valence-corrected chi connectivity index (χ3v) is 5.14. The Labute approximate surface area is 188 Å². The van der Waals surface area contributed by atoms with Crippen LogP contribution < -0.4 is 16.0 Å². The molecule has 0 aromatic heterocycles. The maximum Gasteiger partial charge on any atom is 0.251 e. The monoisotopic (exact) mass is 431 g/mol. The van der Waals surface area contributed by atoms with Crippen LogP contribution in [0.5, 0.6) is 0 Å². The number of guanidine groups is 1. The van der Waals surface area contributed by atoms with E-state index in [2.05, 4.69) is 48.5 Å². The van der Waals surface area contributed by atoms with Crippen LogP contribution in [0.3, 0.4) is 0 Å². The van der Waals surface area contributed by atoms with Crippen molar-refractivity contribution in [1.29, 1.82) is 0 Å². The van der Waals surface area contributed by atoms with Gasteiger partial charge in [-0.2, -0.15) is 0 Å². The smallest absolute Gasteiger partial charge is 0.251 e. The van der Waals surface area contributed by atoms with E-state index in [1.54, 1.807) is 0 Å². The molecule has 0 bridgehead atoms. The lowest BCUT2D eigenvalue weighted by molar-refractivity contribution is -0.0284. The summed E-state index contributed by atoms with van der Waals surface area (Å²) in [6, 6.07) is 7.67. The van der Waals surface area contributed by atoms with Gasteiger partial charge in [-0.05, 0) is 37.0 Å². The van der Waals surface area contributed by atoms with Crippen LogP contribution in [0, 0.1) is 5.92 Å². The Balaban J connectivity index is 1.84. The Morgan fingerprint density at radius 1 is 1.19 bits per heavy atom. The number of hydrogen-bond acceptors (Lipinski definition) is 4. The van der Waals surface area contributed by atoms with Crippen LogP contribution in [0.15, 0.2) is 29.3 Å². The number of carbonyl (C=O) groups excluding carboxylic acids is 1. The topological polar surface area (TPSA) is 78.0 Å². The minimum absolute atomic E-state index is 0.0162. The molecular formula is C24H41N5O2. The van der Waals surface area contributed by atoms with Crippen molar-refractivity contribution in [3.63, 3.8) is 0 Å². The summed E-state index contributed by atoms with van der Waals surface area (Å²) in [5.74, 6) is 1.44. The van der Waals surface area contributed by atoms with Crippen LogP contribution in [0.2, 0.25) is 0 Å². The van der Waals surface area contributed by atoms with E-state index in [0.717, 1.165) is 70.2 Å². The van der Waals surface area contributed by atoms with Gasteiger partial charge in [0.2, 0.25) is 0 Å². The van der Waals surface area contributed by atoms with Crippen molar-refractivity contribution >= 4 is 11.9 Å². The lowest BCUT2D eigenvalue weighted by Crippen LogP contribution is -2.50. The predicted octanol–water partition coefficient (Wildman–Crippen LogP) is 2.63. The van der Waals surface area contributed by atoms with Crippen molar-refractivity contribution in [1.82, 2.24) is 20.9 Å². The molecule has 0 aliphatic carbocycles. The molecule has 1 saturated heterocycles. The molecule has 3 N–H and O–H groups in total. The van der Waals surface area contributed by atoms with Crippen LogP contribution >= 0.6 is 0 Å². The number of hydrogen-bond donors (Lipinski definition) is 3.